The van der Waals surface area contributed by atoms with Crippen LogP contribution < -0.4 is 10.5 Å². The Morgan fingerprint density at radius 1 is 1.44 bits per heavy atom. The smallest absolute Gasteiger partial charge is 0.241 e. The summed E-state index contributed by atoms with van der Waals surface area (Å²) in [5.41, 5.74) is 5.54. The highest BCUT2D eigenvalue weighted by molar-refractivity contribution is 7.89. The monoisotopic (exact) mass is 290 g/mol. The van der Waals surface area contributed by atoms with Gasteiger partial charge in [0.2, 0.25) is 10.0 Å². The second kappa shape index (κ2) is 6.65. The van der Waals surface area contributed by atoms with E-state index in [1.54, 1.807) is 11.4 Å². The van der Waals surface area contributed by atoms with Crippen molar-refractivity contribution in [1.29, 1.82) is 0 Å². The molecule has 0 aromatic carbocycles. The van der Waals surface area contributed by atoms with Crippen molar-refractivity contribution in [3.63, 3.8) is 0 Å². The molecule has 1 heterocycles. The fourth-order valence-electron chi connectivity index (χ4n) is 1.86. The molecule has 0 aliphatic carbocycles. The third-order valence-corrected chi connectivity index (χ3v) is 5.74. The van der Waals surface area contributed by atoms with E-state index in [4.69, 9.17) is 5.73 Å². The average Bonchev–Trinajstić information content (AvgIpc) is 2.76. The summed E-state index contributed by atoms with van der Waals surface area (Å²) in [6.07, 6.45) is 1.90. The zero-order valence-corrected chi connectivity index (χ0v) is 12.8. The second-order valence-electron chi connectivity index (χ2n) is 4.68. The molecule has 4 nitrogen and oxygen atoms in total. The molecule has 2 atom stereocenters. The highest BCUT2D eigenvalue weighted by atomic mass is 32.2. The number of hydrogen-bond acceptors (Lipinski definition) is 4. The fraction of sp³-hybridized carbons (Fsp3) is 0.667. The van der Waals surface area contributed by atoms with Crippen molar-refractivity contribution >= 4 is 21.4 Å². The number of nitrogens with two attached hydrogens (primary N) is 1. The van der Waals surface area contributed by atoms with E-state index in [-0.39, 0.29) is 12.6 Å². The third kappa shape index (κ3) is 4.05. The molecular weight excluding hydrogens is 268 g/mol. The van der Waals surface area contributed by atoms with Crippen molar-refractivity contribution in [1.82, 2.24) is 4.72 Å². The van der Waals surface area contributed by atoms with Gasteiger partial charge in [-0.2, -0.15) is 0 Å². The lowest BCUT2D eigenvalue weighted by molar-refractivity contribution is 0.445. The van der Waals surface area contributed by atoms with E-state index in [0.29, 0.717) is 15.7 Å². The Morgan fingerprint density at radius 2 is 2.11 bits per heavy atom. The predicted octanol–water partition coefficient (Wildman–Crippen LogP) is 2.31. The molecule has 0 saturated heterocycles. The molecule has 0 saturated carbocycles. The van der Waals surface area contributed by atoms with Crippen LogP contribution >= 0.6 is 11.3 Å². The van der Waals surface area contributed by atoms with Crippen molar-refractivity contribution < 1.29 is 8.42 Å². The van der Waals surface area contributed by atoms with Crippen LogP contribution in [0.2, 0.25) is 0 Å². The van der Waals surface area contributed by atoms with Crippen LogP contribution in [0.1, 0.15) is 38.5 Å². The average molecular weight is 290 g/mol. The minimum atomic E-state index is -3.43. The van der Waals surface area contributed by atoms with Gasteiger partial charge in [-0.3, -0.25) is 0 Å². The number of thiophene rings is 1. The first-order valence-electron chi connectivity index (χ1n) is 6.19. The maximum atomic E-state index is 12.2. The maximum Gasteiger partial charge on any atom is 0.241 e. The Balaban J connectivity index is 2.76. The number of hydrogen-bond donors (Lipinski definition) is 2. The molecule has 0 radical (unpaired) electrons. The van der Waals surface area contributed by atoms with Gasteiger partial charge in [0.25, 0.3) is 0 Å². The molecule has 0 spiro atoms. The molecule has 2 unspecified atom stereocenters. The summed E-state index contributed by atoms with van der Waals surface area (Å²) >= 11 is 1.38. The van der Waals surface area contributed by atoms with Crippen LogP contribution in [0.15, 0.2) is 16.3 Å². The van der Waals surface area contributed by atoms with Crippen molar-refractivity contribution in [2.24, 2.45) is 11.7 Å². The predicted molar refractivity (Wildman–Crippen MR) is 76.1 cm³/mol. The fourth-order valence-corrected chi connectivity index (χ4v) is 4.46. The Hall–Kier alpha value is -0.430. The second-order valence-corrected chi connectivity index (χ2v) is 7.37. The molecule has 1 aromatic heterocycles. The number of rotatable bonds is 7. The molecule has 1 rings (SSSR count). The summed E-state index contributed by atoms with van der Waals surface area (Å²) in [4.78, 5) is 1.03. The Bertz CT molecular complexity index is 468. The number of sulfonamides is 1. The molecule has 3 N–H and O–H groups in total. The van der Waals surface area contributed by atoms with E-state index in [0.717, 1.165) is 12.8 Å². The molecule has 0 amide bonds. The topological polar surface area (TPSA) is 72.2 Å². The molecule has 0 aliphatic heterocycles. The van der Waals surface area contributed by atoms with Crippen LogP contribution in [-0.4, -0.2) is 14.5 Å². The van der Waals surface area contributed by atoms with E-state index in [9.17, 15) is 8.42 Å². The molecule has 18 heavy (non-hydrogen) atoms. The summed E-state index contributed by atoms with van der Waals surface area (Å²) in [7, 11) is -3.43. The maximum absolute atomic E-state index is 12.2. The van der Waals surface area contributed by atoms with Gasteiger partial charge in [0.1, 0.15) is 0 Å². The first-order valence-corrected chi connectivity index (χ1v) is 8.55. The summed E-state index contributed by atoms with van der Waals surface area (Å²) < 4.78 is 27.1. The van der Waals surface area contributed by atoms with Crippen molar-refractivity contribution in [2.45, 2.75) is 51.1 Å². The van der Waals surface area contributed by atoms with Gasteiger partial charge in [-0.1, -0.05) is 20.3 Å². The summed E-state index contributed by atoms with van der Waals surface area (Å²) in [6, 6.07) is 1.56. The first-order chi connectivity index (χ1) is 8.40. The number of nitrogens with one attached hydrogen (secondary N) is 1. The van der Waals surface area contributed by atoms with Gasteiger partial charge < -0.3 is 5.73 Å². The SMILES string of the molecule is CCC(C)CC(C)NS(=O)(=O)c1ccsc1CN. The zero-order chi connectivity index (χ0) is 13.8. The molecule has 0 fully saturated rings. The standard InChI is InChI=1S/C12H22N2O2S2/c1-4-9(2)7-10(3)14-18(15,16)12-5-6-17-11(12)8-13/h5-6,9-10,14H,4,7-8,13H2,1-3H3. The molecule has 6 heteroatoms. The minimum absolute atomic E-state index is 0.0597. The van der Waals surface area contributed by atoms with Crippen LogP contribution in [-0.2, 0) is 16.6 Å². The molecule has 1 aromatic rings. The lowest BCUT2D eigenvalue weighted by Crippen LogP contribution is -2.34. The van der Waals surface area contributed by atoms with Crippen LogP contribution in [0, 0.1) is 5.92 Å². The Kier molecular flexibility index (Phi) is 5.78. The summed E-state index contributed by atoms with van der Waals surface area (Å²) in [5, 5.41) is 1.76. The van der Waals surface area contributed by atoms with E-state index in [2.05, 4.69) is 18.6 Å². The Labute approximate surface area is 114 Å². The quantitative estimate of drug-likeness (QED) is 0.809. The van der Waals surface area contributed by atoms with E-state index in [1.807, 2.05) is 6.92 Å². The first kappa shape index (κ1) is 15.6. The van der Waals surface area contributed by atoms with Crippen LogP contribution in [0.4, 0.5) is 0 Å². The normalized spacial score (nSPS) is 15.6. The van der Waals surface area contributed by atoms with Gasteiger partial charge in [-0.05, 0) is 30.7 Å². The largest absolute Gasteiger partial charge is 0.326 e. The molecule has 0 bridgehead atoms. The lowest BCUT2D eigenvalue weighted by atomic mass is 10.0. The van der Waals surface area contributed by atoms with Gasteiger partial charge in [0.05, 0.1) is 4.90 Å². The summed E-state index contributed by atoms with van der Waals surface area (Å²) in [5.74, 6) is 0.513. The zero-order valence-electron chi connectivity index (χ0n) is 11.1. The third-order valence-electron chi connectivity index (χ3n) is 2.99. The van der Waals surface area contributed by atoms with Gasteiger partial charge in [0.15, 0.2) is 0 Å². The summed E-state index contributed by atoms with van der Waals surface area (Å²) in [6.45, 7) is 6.39. The minimum Gasteiger partial charge on any atom is -0.326 e. The van der Waals surface area contributed by atoms with Crippen LogP contribution in [0.25, 0.3) is 0 Å². The van der Waals surface area contributed by atoms with Gasteiger partial charge in [-0.25, -0.2) is 13.1 Å². The van der Waals surface area contributed by atoms with Crippen molar-refractivity contribution in [3.05, 3.63) is 16.3 Å². The molecule has 104 valence electrons. The van der Waals surface area contributed by atoms with Crippen molar-refractivity contribution in [2.75, 3.05) is 0 Å². The highest BCUT2D eigenvalue weighted by Gasteiger charge is 2.21. The van der Waals surface area contributed by atoms with E-state index >= 15 is 0 Å². The van der Waals surface area contributed by atoms with Crippen LogP contribution in [0.3, 0.4) is 0 Å². The van der Waals surface area contributed by atoms with Crippen LogP contribution in [0.5, 0.6) is 0 Å². The van der Waals surface area contributed by atoms with Gasteiger partial charge >= 0.3 is 0 Å². The van der Waals surface area contributed by atoms with Gasteiger partial charge in [0, 0.05) is 17.5 Å². The Morgan fingerprint density at radius 3 is 2.67 bits per heavy atom. The highest BCUT2D eigenvalue weighted by Crippen LogP contribution is 2.22. The van der Waals surface area contributed by atoms with E-state index in [1.165, 1.54) is 11.3 Å². The van der Waals surface area contributed by atoms with Gasteiger partial charge in [-0.15, -0.1) is 11.3 Å². The molecular formula is C12H22N2O2S2. The molecule has 0 aliphatic rings. The van der Waals surface area contributed by atoms with Crippen molar-refractivity contribution in [3.8, 4) is 0 Å². The lowest BCUT2D eigenvalue weighted by Gasteiger charge is -2.17. The van der Waals surface area contributed by atoms with E-state index < -0.39 is 10.0 Å².